The van der Waals surface area contributed by atoms with Crippen LogP contribution in [0.2, 0.25) is 0 Å². The number of fused-ring (bicyclic) bond motifs is 1. The summed E-state index contributed by atoms with van der Waals surface area (Å²) in [5, 5.41) is 2.36. The maximum absolute atomic E-state index is 3.20. The molecule has 15 heavy (non-hydrogen) atoms. The van der Waals surface area contributed by atoms with E-state index in [-0.39, 0.29) is 0 Å². The van der Waals surface area contributed by atoms with Crippen LogP contribution in [-0.2, 0) is 0 Å². The molecule has 0 aliphatic carbocycles. The first-order valence-electron chi connectivity index (χ1n) is 4.99. The van der Waals surface area contributed by atoms with Gasteiger partial charge in [0, 0.05) is 10.8 Å². The zero-order valence-electron chi connectivity index (χ0n) is 8.20. The van der Waals surface area contributed by atoms with Crippen molar-refractivity contribution in [2.24, 2.45) is 0 Å². The molecule has 1 N–H and O–H groups in total. The summed E-state index contributed by atoms with van der Waals surface area (Å²) in [6.45, 7) is 0. The number of H-pyrrole nitrogens is 1. The summed E-state index contributed by atoms with van der Waals surface area (Å²) < 4.78 is 0. The van der Waals surface area contributed by atoms with Gasteiger partial charge < -0.3 is 4.98 Å². The fraction of sp³-hybridized carbons (Fsp3) is 0. The van der Waals surface area contributed by atoms with Crippen molar-refractivity contribution < 1.29 is 0 Å². The number of hydrogen-bond acceptors (Lipinski definition) is 0. The largest absolute Gasteiger partial charge is 0.352 e. The van der Waals surface area contributed by atoms with Gasteiger partial charge in [-0.3, -0.25) is 0 Å². The molecule has 1 nitrogen and oxygen atoms in total. The van der Waals surface area contributed by atoms with E-state index in [1.807, 2.05) is 24.3 Å². The van der Waals surface area contributed by atoms with E-state index in [1.165, 1.54) is 10.9 Å². The van der Waals surface area contributed by atoms with Crippen LogP contribution in [0.1, 0.15) is 0 Å². The third-order valence-electron chi connectivity index (χ3n) is 2.58. The molecule has 1 radical (unpaired) electrons. The molecule has 0 atom stereocenters. The second-order valence-electron chi connectivity index (χ2n) is 3.54. The number of benzene rings is 2. The minimum atomic E-state index is 1.14. The van der Waals surface area contributed by atoms with Crippen LogP contribution in [0.15, 0.2) is 54.6 Å². The quantitative estimate of drug-likeness (QED) is 0.606. The molecule has 0 aliphatic heterocycles. The van der Waals surface area contributed by atoms with Crippen molar-refractivity contribution in [2.75, 3.05) is 0 Å². The summed E-state index contributed by atoms with van der Waals surface area (Å²) in [5.74, 6) is 0. The van der Waals surface area contributed by atoms with Crippen molar-refractivity contribution >= 4 is 10.8 Å². The van der Waals surface area contributed by atoms with Crippen molar-refractivity contribution in [1.29, 1.82) is 0 Å². The highest BCUT2D eigenvalue weighted by atomic mass is 14.7. The average molecular weight is 192 g/mol. The van der Waals surface area contributed by atoms with Gasteiger partial charge in [-0.2, -0.15) is 0 Å². The zero-order valence-corrected chi connectivity index (χ0v) is 8.20. The van der Waals surface area contributed by atoms with Crippen LogP contribution in [0.25, 0.3) is 22.0 Å². The lowest BCUT2D eigenvalue weighted by atomic mass is 10.1. The Hall–Kier alpha value is -2.02. The number of aromatic nitrogens is 1. The van der Waals surface area contributed by atoms with E-state index >= 15 is 0 Å². The Balaban J connectivity index is 2.28. The molecule has 2 aromatic carbocycles. The highest BCUT2D eigenvalue weighted by Crippen LogP contribution is 2.26. The van der Waals surface area contributed by atoms with Crippen LogP contribution in [0.3, 0.4) is 0 Å². The van der Waals surface area contributed by atoms with Gasteiger partial charge in [0.25, 0.3) is 0 Å². The van der Waals surface area contributed by atoms with Gasteiger partial charge in [-0.15, -0.1) is 0 Å². The van der Waals surface area contributed by atoms with Gasteiger partial charge in [0.15, 0.2) is 0 Å². The summed E-state index contributed by atoms with van der Waals surface area (Å²) in [4.78, 5) is 3.20. The lowest BCUT2D eigenvalue weighted by Gasteiger charge is -1.98. The summed E-state index contributed by atoms with van der Waals surface area (Å²) in [6, 6.07) is 18.6. The lowest BCUT2D eigenvalue weighted by molar-refractivity contribution is 1.40. The van der Waals surface area contributed by atoms with E-state index in [0.717, 1.165) is 11.1 Å². The van der Waals surface area contributed by atoms with Crippen LogP contribution in [-0.4, -0.2) is 4.98 Å². The normalized spacial score (nSPS) is 10.7. The molecular formula is C14H10N. The molecule has 0 unspecified atom stereocenters. The predicted octanol–water partition coefficient (Wildman–Crippen LogP) is 3.64. The Morgan fingerprint density at radius 1 is 0.800 bits per heavy atom. The minimum Gasteiger partial charge on any atom is -0.352 e. The minimum absolute atomic E-state index is 1.14. The van der Waals surface area contributed by atoms with E-state index in [4.69, 9.17) is 0 Å². The lowest BCUT2D eigenvalue weighted by Crippen LogP contribution is -1.76. The van der Waals surface area contributed by atoms with Crippen LogP contribution in [0.4, 0.5) is 0 Å². The van der Waals surface area contributed by atoms with E-state index in [1.54, 1.807) is 0 Å². The Morgan fingerprint density at radius 2 is 1.53 bits per heavy atom. The predicted molar refractivity (Wildman–Crippen MR) is 62.6 cm³/mol. The zero-order chi connectivity index (χ0) is 10.1. The monoisotopic (exact) mass is 192 g/mol. The van der Waals surface area contributed by atoms with E-state index in [9.17, 15) is 0 Å². The van der Waals surface area contributed by atoms with E-state index in [2.05, 4.69) is 41.5 Å². The van der Waals surface area contributed by atoms with E-state index < -0.39 is 0 Å². The highest BCUT2D eigenvalue weighted by molar-refractivity contribution is 5.95. The topological polar surface area (TPSA) is 15.8 Å². The summed E-state index contributed by atoms with van der Waals surface area (Å²) in [5.41, 5.74) is 2.35. The summed E-state index contributed by atoms with van der Waals surface area (Å²) in [7, 11) is 0. The molecule has 0 saturated heterocycles. The first kappa shape index (κ1) is 8.30. The fourth-order valence-corrected chi connectivity index (χ4v) is 1.84. The second kappa shape index (κ2) is 3.28. The summed E-state index contributed by atoms with van der Waals surface area (Å²) >= 11 is 0. The van der Waals surface area contributed by atoms with Gasteiger partial charge >= 0.3 is 0 Å². The van der Waals surface area contributed by atoms with Gasteiger partial charge in [0.2, 0.25) is 0 Å². The molecule has 1 aromatic heterocycles. The van der Waals surface area contributed by atoms with Crippen molar-refractivity contribution in [3.8, 4) is 11.3 Å². The Labute approximate surface area is 88.4 Å². The van der Waals surface area contributed by atoms with Crippen molar-refractivity contribution in [1.82, 2.24) is 4.98 Å². The van der Waals surface area contributed by atoms with Gasteiger partial charge in [-0.1, -0.05) is 54.6 Å². The molecule has 0 aliphatic rings. The molecule has 0 amide bonds. The third-order valence-corrected chi connectivity index (χ3v) is 2.58. The molecule has 71 valence electrons. The van der Waals surface area contributed by atoms with Crippen molar-refractivity contribution in [2.45, 2.75) is 0 Å². The Kier molecular flexibility index (Phi) is 1.82. The maximum atomic E-state index is 3.20. The van der Waals surface area contributed by atoms with Crippen LogP contribution in [0, 0.1) is 6.20 Å². The second-order valence-corrected chi connectivity index (χ2v) is 3.54. The average Bonchev–Trinajstić information content (AvgIpc) is 2.74. The third kappa shape index (κ3) is 1.33. The standard InChI is InChI=1S/C14H10N/c1-2-6-11(7-3-1)14-13-9-5-4-8-12(13)10-15-14/h1-9,15H. The molecular weight excluding hydrogens is 182 g/mol. The molecule has 0 spiro atoms. The maximum Gasteiger partial charge on any atom is 0.0710 e. The smallest absolute Gasteiger partial charge is 0.0710 e. The molecule has 0 saturated carbocycles. The van der Waals surface area contributed by atoms with Crippen LogP contribution in [0.5, 0.6) is 0 Å². The van der Waals surface area contributed by atoms with Gasteiger partial charge in [-0.25, -0.2) is 0 Å². The molecule has 0 fully saturated rings. The Bertz CT molecular complexity index is 578. The number of aromatic amines is 1. The molecule has 3 rings (SSSR count). The number of rotatable bonds is 1. The highest BCUT2D eigenvalue weighted by Gasteiger charge is 2.04. The van der Waals surface area contributed by atoms with Crippen molar-refractivity contribution in [3.05, 3.63) is 60.8 Å². The van der Waals surface area contributed by atoms with Gasteiger partial charge in [0.05, 0.1) is 11.9 Å². The van der Waals surface area contributed by atoms with Gasteiger partial charge in [0.1, 0.15) is 0 Å². The molecule has 0 bridgehead atoms. The first-order valence-corrected chi connectivity index (χ1v) is 4.99. The molecule has 3 aromatic rings. The van der Waals surface area contributed by atoms with E-state index in [0.29, 0.717) is 0 Å². The number of hydrogen-bond donors (Lipinski definition) is 1. The summed E-state index contributed by atoms with van der Waals surface area (Å²) in [6.07, 6.45) is 3.16. The molecule has 1 heteroatoms. The number of nitrogens with one attached hydrogen (secondary N) is 1. The molecule has 1 heterocycles. The van der Waals surface area contributed by atoms with Crippen LogP contribution >= 0.6 is 0 Å². The van der Waals surface area contributed by atoms with Gasteiger partial charge in [-0.05, 0) is 5.56 Å². The fourth-order valence-electron chi connectivity index (χ4n) is 1.84. The Morgan fingerprint density at radius 3 is 2.40 bits per heavy atom. The van der Waals surface area contributed by atoms with Crippen LogP contribution < -0.4 is 0 Å². The van der Waals surface area contributed by atoms with Crippen molar-refractivity contribution in [3.63, 3.8) is 0 Å². The SMILES string of the molecule is [c]1[nH]c(-c2ccccc2)c2ccccc12. The first-order chi connectivity index (χ1) is 7.45.